The summed E-state index contributed by atoms with van der Waals surface area (Å²) in [6, 6.07) is 12.9. The summed E-state index contributed by atoms with van der Waals surface area (Å²) in [5, 5.41) is 0. The second-order valence-corrected chi connectivity index (χ2v) is 4.84. The summed E-state index contributed by atoms with van der Waals surface area (Å²) in [4.78, 5) is 23.0. The van der Waals surface area contributed by atoms with Crippen molar-refractivity contribution in [3.8, 4) is 17.0 Å². The number of pyridine rings is 1. The Bertz CT molecular complexity index is 811. The highest BCUT2D eigenvalue weighted by atomic mass is 16.5. The molecule has 0 spiro atoms. The van der Waals surface area contributed by atoms with Crippen molar-refractivity contribution < 1.29 is 4.74 Å². The smallest absolute Gasteiger partial charge is 0.273 e. The Labute approximate surface area is 127 Å². The summed E-state index contributed by atoms with van der Waals surface area (Å²) >= 11 is 0. The van der Waals surface area contributed by atoms with Gasteiger partial charge in [-0.25, -0.2) is 0 Å². The minimum atomic E-state index is -0.255. The van der Waals surface area contributed by atoms with E-state index in [0.717, 1.165) is 22.6 Å². The Morgan fingerprint density at radius 1 is 1.09 bits per heavy atom. The van der Waals surface area contributed by atoms with Gasteiger partial charge in [0.2, 0.25) is 0 Å². The molecule has 0 amide bonds. The molecular formula is C17H15N3O2. The molecule has 3 aromatic rings. The van der Waals surface area contributed by atoms with Gasteiger partial charge in [0.1, 0.15) is 11.6 Å². The normalized spacial score (nSPS) is 10.4. The molecule has 22 heavy (non-hydrogen) atoms. The zero-order chi connectivity index (χ0) is 15.4. The van der Waals surface area contributed by atoms with Crippen LogP contribution in [0.25, 0.3) is 11.3 Å². The Kier molecular flexibility index (Phi) is 3.96. The predicted molar refractivity (Wildman–Crippen MR) is 83.9 cm³/mol. The summed E-state index contributed by atoms with van der Waals surface area (Å²) in [5.41, 5.74) is 2.45. The number of hydrogen-bond acceptors (Lipinski definition) is 4. The zero-order valence-corrected chi connectivity index (χ0v) is 12.1. The van der Waals surface area contributed by atoms with Crippen LogP contribution in [0.4, 0.5) is 0 Å². The summed E-state index contributed by atoms with van der Waals surface area (Å²) in [5.74, 6) is 1.43. The lowest BCUT2D eigenvalue weighted by atomic mass is 10.1. The number of aromatic nitrogens is 3. The average molecular weight is 293 g/mol. The molecule has 2 heterocycles. The number of nitrogens with one attached hydrogen (secondary N) is 1. The van der Waals surface area contributed by atoms with Crippen LogP contribution in [-0.2, 0) is 6.42 Å². The van der Waals surface area contributed by atoms with Crippen molar-refractivity contribution in [1.29, 1.82) is 0 Å². The molecule has 0 aliphatic heterocycles. The first kappa shape index (κ1) is 14.0. The van der Waals surface area contributed by atoms with E-state index in [9.17, 15) is 4.79 Å². The first-order valence-electron chi connectivity index (χ1n) is 6.88. The quantitative estimate of drug-likeness (QED) is 0.802. The fraction of sp³-hybridized carbons (Fsp3) is 0.118. The van der Waals surface area contributed by atoms with Gasteiger partial charge in [-0.15, -0.1) is 0 Å². The van der Waals surface area contributed by atoms with E-state index in [2.05, 4.69) is 15.0 Å². The maximum absolute atomic E-state index is 11.8. The van der Waals surface area contributed by atoms with Gasteiger partial charge >= 0.3 is 0 Å². The van der Waals surface area contributed by atoms with E-state index in [1.165, 1.54) is 6.07 Å². The van der Waals surface area contributed by atoms with Crippen LogP contribution in [0.15, 0.2) is 59.7 Å². The molecule has 5 heteroatoms. The number of aromatic amines is 1. The van der Waals surface area contributed by atoms with Crippen molar-refractivity contribution in [1.82, 2.24) is 15.0 Å². The maximum Gasteiger partial charge on any atom is 0.273 e. The van der Waals surface area contributed by atoms with Crippen molar-refractivity contribution in [2.45, 2.75) is 6.42 Å². The molecule has 2 aromatic heterocycles. The topological polar surface area (TPSA) is 67.9 Å². The molecule has 0 atom stereocenters. The van der Waals surface area contributed by atoms with Gasteiger partial charge in [0.05, 0.1) is 12.8 Å². The zero-order valence-electron chi connectivity index (χ0n) is 12.1. The van der Waals surface area contributed by atoms with E-state index >= 15 is 0 Å². The second kappa shape index (κ2) is 6.22. The largest absolute Gasteiger partial charge is 0.497 e. The van der Waals surface area contributed by atoms with Crippen molar-refractivity contribution in [3.05, 3.63) is 76.6 Å². The Morgan fingerprint density at radius 3 is 2.50 bits per heavy atom. The van der Waals surface area contributed by atoms with Crippen LogP contribution in [0.2, 0.25) is 0 Å². The van der Waals surface area contributed by atoms with Gasteiger partial charge in [0.15, 0.2) is 0 Å². The van der Waals surface area contributed by atoms with E-state index in [-0.39, 0.29) is 5.56 Å². The van der Waals surface area contributed by atoms with Gasteiger partial charge in [0.25, 0.3) is 5.56 Å². The van der Waals surface area contributed by atoms with Crippen LogP contribution in [0.1, 0.15) is 11.4 Å². The van der Waals surface area contributed by atoms with E-state index < -0.39 is 0 Å². The third-order valence-electron chi connectivity index (χ3n) is 3.31. The van der Waals surface area contributed by atoms with E-state index in [4.69, 9.17) is 4.74 Å². The van der Waals surface area contributed by atoms with E-state index in [1.807, 2.05) is 36.4 Å². The molecule has 5 nitrogen and oxygen atoms in total. The van der Waals surface area contributed by atoms with Gasteiger partial charge in [-0.05, 0) is 29.8 Å². The molecule has 0 saturated carbocycles. The fourth-order valence-corrected chi connectivity index (χ4v) is 2.22. The third kappa shape index (κ3) is 3.20. The lowest BCUT2D eigenvalue weighted by Crippen LogP contribution is -2.11. The van der Waals surface area contributed by atoms with Crippen LogP contribution >= 0.6 is 0 Å². The van der Waals surface area contributed by atoms with Gasteiger partial charge in [-0.3, -0.25) is 9.78 Å². The van der Waals surface area contributed by atoms with Crippen LogP contribution < -0.4 is 10.3 Å². The van der Waals surface area contributed by atoms with Crippen molar-refractivity contribution in [2.75, 3.05) is 7.11 Å². The van der Waals surface area contributed by atoms with Crippen molar-refractivity contribution >= 4 is 0 Å². The molecule has 110 valence electrons. The van der Waals surface area contributed by atoms with Crippen LogP contribution in [0, 0.1) is 0 Å². The molecule has 0 saturated heterocycles. The lowest BCUT2D eigenvalue weighted by Gasteiger charge is -2.06. The Morgan fingerprint density at radius 2 is 1.82 bits per heavy atom. The molecular weight excluding hydrogens is 278 g/mol. The summed E-state index contributed by atoms with van der Waals surface area (Å²) in [6.07, 6.45) is 3.94. The molecule has 1 aromatic carbocycles. The number of rotatable bonds is 4. The fourth-order valence-electron chi connectivity index (χ4n) is 2.22. The monoisotopic (exact) mass is 293 g/mol. The summed E-state index contributed by atoms with van der Waals surface area (Å²) in [6.45, 7) is 0. The second-order valence-electron chi connectivity index (χ2n) is 4.84. The highest BCUT2D eigenvalue weighted by Crippen LogP contribution is 2.16. The van der Waals surface area contributed by atoms with Crippen molar-refractivity contribution in [3.63, 3.8) is 0 Å². The lowest BCUT2D eigenvalue weighted by molar-refractivity contribution is 0.414. The Balaban J connectivity index is 1.90. The molecule has 1 N–H and O–H groups in total. The molecule has 0 unspecified atom stereocenters. The first-order valence-corrected chi connectivity index (χ1v) is 6.88. The summed E-state index contributed by atoms with van der Waals surface area (Å²) in [7, 11) is 1.63. The van der Waals surface area contributed by atoms with E-state index in [1.54, 1.807) is 19.5 Å². The molecule has 0 aliphatic rings. The minimum Gasteiger partial charge on any atom is -0.497 e. The third-order valence-corrected chi connectivity index (χ3v) is 3.31. The van der Waals surface area contributed by atoms with Crippen molar-refractivity contribution in [2.24, 2.45) is 0 Å². The standard InChI is InChI=1S/C17H15N3O2/c1-22-14-4-2-12(3-5-14)10-16-19-15(11-17(21)20-16)13-6-8-18-9-7-13/h2-9,11H,10H2,1H3,(H,19,20,21). The maximum atomic E-state index is 11.8. The number of methoxy groups -OCH3 is 1. The van der Waals surface area contributed by atoms with Gasteiger partial charge in [-0.2, -0.15) is 4.98 Å². The average Bonchev–Trinajstić information content (AvgIpc) is 2.56. The molecule has 0 bridgehead atoms. The van der Waals surface area contributed by atoms with E-state index in [0.29, 0.717) is 12.2 Å². The van der Waals surface area contributed by atoms with Crippen LogP contribution in [0.3, 0.4) is 0 Å². The number of hydrogen-bond donors (Lipinski definition) is 1. The Hall–Kier alpha value is -2.95. The van der Waals surface area contributed by atoms with Crippen LogP contribution in [0.5, 0.6) is 5.75 Å². The molecule has 0 radical (unpaired) electrons. The number of nitrogens with zero attached hydrogens (tertiary/aromatic N) is 2. The first-order chi connectivity index (χ1) is 10.7. The molecule has 0 aliphatic carbocycles. The van der Waals surface area contributed by atoms with Gasteiger partial charge in [-0.1, -0.05) is 12.1 Å². The number of H-pyrrole nitrogens is 1. The molecule has 3 rings (SSSR count). The highest BCUT2D eigenvalue weighted by molar-refractivity contribution is 5.57. The predicted octanol–water partition coefficient (Wildman–Crippen LogP) is 2.43. The highest BCUT2D eigenvalue weighted by Gasteiger charge is 2.05. The number of benzene rings is 1. The minimum absolute atomic E-state index is 0.255. The van der Waals surface area contributed by atoms with Gasteiger partial charge in [0, 0.05) is 30.4 Å². The van der Waals surface area contributed by atoms with Gasteiger partial charge < -0.3 is 9.72 Å². The van der Waals surface area contributed by atoms with Crippen LogP contribution in [-0.4, -0.2) is 22.1 Å². The molecule has 0 fully saturated rings. The SMILES string of the molecule is COc1ccc(Cc2nc(=O)cc(-c3ccncc3)[nH]2)cc1. The number of ether oxygens (including phenoxy) is 1. The summed E-state index contributed by atoms with van der Waals surface area (Å²) < 4.78 is 5.14.